The lowest BCUT2D eigenvalue weighted by atomic mass is 10.1. The van der Waals surface area contributed by atoms with Crippen LogP contribution in [0, 0.1) is 5.95 Å². The molecule has 2 nitrogen and oxygen atoms in total. The molecule has 0 aliphatic rings. The summed E-state index contributed by atoms with van der Waals surface area (Å²) in [6.45, 7) is 1.96. The van der Waals surface area contributed by atoms with E-state index in [1.54, 1.807) is 12.3 Å². The van der Waals surface area contributed by atoms with Gasteiger partial charge in [0.05, 0.1) is 0 Å². The maximum Gasteiger partial charge on any atom is 0.212 e. The van der Waals surface area contributed by atoms with Crippen LogP contribution in [-0.4, -0.2) is 11.0 Å². The molecule has 0 aromatic carbocycles. The van der Waals surface area contributed by atoms with Gasteiger partial charge in [-0.3, -0.25) is 0 Å². The summed E-state index contributed by atoms with van der Waals surface area (Å²) < 4.78 is 12.3. The fourth-order valence-electron chi connectivity index (χ4n) is 0.949. The van der Waals surface area contributed by atoms with Gasteiger partial charge in [0, 0.05) is 12.2 Å². The molecule has 0 radical (unpaired) electrons. The SMILES string of the molecule is CC(N)CCc1ccc(F)nc1. The lowest BCUT2D eigenvalue weighted by Gasteiger charge is -2.03. The Morgan fingerprint density at radius 3 is 2.83 bits per heavy atom. The van der Waals surface area contributed by atoms with Gasteiger partial charge < -0.3 is 5.73 Å². The summed E-state index contributed by atoms with van der Waals surface area (Å²) in [5.41, 5.74) is 6.61. The Morgan fingerprint density at radius 2 is 2.33 bits per heavy atom. The highest BCUT2D eigenvalue weighted by molar-refractivity contribution is 5.09. The number of hydrogen-bond donors (Lipinski definition) is 1. The topological polar surface area (TPSA) is 38.9 Å². The molecule has 1 unspecified atom stereocenters. The molecule has 12 heavy (non-hydrogen) atoms. The van der Waals surface area contributed by atoms with Crippen LogP contribution in [0.25, 0.3) is 0 Å². The predicted octanol–water partition coefficient (Wildman–Crippen LogP) is 1.50. The summed E-state index contributed by atoms with van der Waals surface area (Å²) in [6, 6.07) is 3.30. The minimum absolute atomic E-state index is 0.190. The molecule has 1 aromatic rings. The van der Waals surface area contributed by atoms with Crippen LogP contribution >= 0.6 is 0 Å². The van der Waals surface area contributed by atoms with E-state index in [1.165, 1.54) is 6.07 Å². The third kappa shape index (κ3) is 2.96. The number of aryl methyl sites for hydroxylation is 1. The highest BCUT2D eigenvalue weighted by Gasteiger charge is 1.97. The van der Waals surface area contributed by atoms with E-state index in [9.17, 15) is 4.39 Å². The Balaban J connectivity index is 2.48. The normalized spacial score (nSPS) is 12.9. The van der Waals surface area contributed by atoms with E-state index in [-0.39, 0.29) is 6.04 Å². The molecule has 0 fully saturated rings. The third-order valence-corrected chi connectivity index (χ3v) is 1.68. The molecule has 1 heterocycles. The number of nitrogens with zero attached hydrogens (tertiary/aromatic N) is 1. The zero-order valence-corrected chi connectivity index (χ0v) is 7.13. The Bertz CT molecular complexity index is 231. The number of pyridine rings is 1. The summed E-state index contributed by atoms with van der Waals surface area (Å²) >= 11 is 0. The average Bonchev–Trinajstić information content (AvgIpc) is 2.03. The molecular weight excluding hydrogens is 155 g/mol. The molecule has 0 aliphatic heterocycles. The van der Waals surface area contributed by atoms with Gasteiger partial charge >= 0.3 is 0 Å². The lowest BCUT2D eigenvalue weighted by Crippen LogP contribution is -2.15. The standard InChI is InChI=1S/C9H13FN2/c1-7(11)2-3-8-4-5-9(10)12-6-8/h4-7H,2-3,11H2,1H3. The molecule has 0 saturated heterocycles. The number of hydrogen-bond acceptors (Lipinski definition) is 2. The molecule has 1 aromatic heterocycles. The Labute approximate surface area is 71.6 Å². The molecule has 0 spiro atoms. The second kappa shape index (κ2) is 4.16. The van der Waals surface area contributed by atoms with Crippen LogP contribution in [0.4, 0.5) is 4.39 Å². The zero-order valence-electron chi connectivity index (χ0n) is 7.13. The highest BCUT2D eigenvalue weighted by Crippen LogP contribution is 2.03. The summed E-state index contributed by atoms with van der Waals surface area (Å²) in [5, 5.41) is 0. The number of nitrogens with two attached hydrogens (primary N) is 1. The Kier molecular flexibility index (Phi) is 3.17. The summed E-state index contributed by atoms with van der Waals surface area (Å²) in [6.07, 6.45) is 3.33. The fourth-order valence-corrected chi connectivity index (χ4v) is 0.949. The van der Waals surface area contributed by atoms with Crippen molar-refractivity contribution in [3.05, 3.63) is 29.8 Å². The van der Waals surface area contributed by atoms with Crippen molar-refractivity contribution in [1.29, 1.82) is 0 Å². The summed E-state index contributed by atoms with van der Waals surface area (Å²) in [4.78, 5) is 3.55. The van der Waals surface area contributed by atoms with Crippen LogP contribution in [-0.2, 0) is 6.42 Å². The molecule has 1 rings (SSSR count). The van der Waals surface area contributed by atoms with Crippen molar-refractivity contribution >= 4 is 0 Å². The molecule has 0 saturated carbocycles. The van der Waals surface area contributed by atoms with E-state index in [0.717, 1.165) is 18.4 Å². The molecule has 1 atom stereocenters. The van der Waals surface area contributed by atoms with E-state index in [2.05, 4.69) is 4.98 Å². The summed E-state index contributed by atoms with van der Waals surface area (Å²) in [7, 11) is 0. The van der Waals surface area contributed by atoms with Gasteiger partial charge in [0.1, 0.15) is 0 Å². The third-order valence-electron chi connectivity index (χ3n) is 1.68. The smallest absolute Gasteiger partial charge is 0.212 e. The number of halogens is 1. The van der Waals surface area contributed by atoms with Crippen molar-refractivity contribution in [1.82, 2.24) is 4.98 Å². The molecular formula is C9H13FN2. The van der Waals surface area contributed by atoms with E-state index in [0.29, 0.717) is 0 Å². The van der Waals surface area contributed by atoms with Gasteiger partial charge in [-0.1, -0.05) is 6.07 Å². The highest BCUT2D eigenvalue weighted by atomic mass is 19.1. The molecule has 0 aliphatic carbocycles. The van der Waals surface area contributed by atoms with E-state index in [1.807, 2.05) is 6.92 Å². The van der Waals surface area contributed by atoms with Gasteiger partial charge in [0.15, 0.2) is 0 Å². The van der Waals surface area contributed by atoms with E-state index < -0.39 is 5.95 Å². The van der Waals surface area contributed by atoms with Crippen molar-refractivity contribution in [3.8, 4) is 0 Å². The monoisotopic (exact) mass is 168 g/mol. The Morgan fingerprint density at radius 1 is 1.58 bits per heavy atom. The van der Waals surface area contributed by atoms with Crippen LogP contribution in [0.5, 0.6) is 0 Å². The number of rotatable bonds is 3. The molecule has 2 N–H and O–H groups in total. The average molecular weight is 168 g/mol. The van der Waals surface area contributed by atoms with Gasteiger partial charge in [0.25, 0.3) is 0 Å². The van der Waals surface area contributed by atoms with Crippen LogP contribution < -0.4 is 5.73 Å². The van der Waals surface area contributed by atoms with Gasteiger partial charge in [-0.2, -0.15) is 4.39 Å². The largest absolute Gasteiger partial charge is 0.328 e. The minimum atomic E-state index is -0.431. The number of aromatic nitrogens is 1. The lowest BCUT2D eigenvalue weighted by molar-refractivity contribution is 0.580. The quantitative estimate of drug-likeness (QED) is 0.695. The van der Waals surface area contributed by atoms with Crippen molar-refractivity contribution in [2.75, 3.05) is 0 Å². The first-order valence-corrected chi connectivity index (χ1v) is 4.04. The van der Waals surface area contributed by atoms with Crippen LogP contribution in [0.1, 0.15) is 18.9 Å². The molecule has 0 bridgehead atoms. The second-order valence-electron chi connectivity index (χ2n) is 3.01. The Hall–Kier alpha value is -0.960. The maximum absolute atomic E-state index is 12.3. The first-order valence-electron chi connectivity index (χ1n) is 4.04. The fraction of sp³-hybridized carbons (Fsp3) is 0.444. The zero-order chi connectivity index (χ0) is 8.97. The van der Waals surface area contributed by atoms with E-state index in [4.69, 9.17) is 5.73 Å². The van der Waals surface area contributed by atoms with Gasteiger partial charge in [0.2, 0.25) is 5.95 Å². The van der Waals surface area contributed by atoms with Crippen molar-refractivity contribution < 1.29 is 4.39 Å². The first-order chi connectivity index (χ1) is 5.68. The van der Waals surface area contributed by atoms with Gasteiger partial charge in [-0.15, -0.1) is 0 Å². The molecule has 0 amide bonds. The molecule has 66 valence electrons. The maximum atomic E-state index is 12.3. The van der Waals surface area contributed by atoms with Crippen LogP contribution in [0.2, 0.25) is 0 Å². The van der Waals surface area contributed by atoms with Crippen molar-refractivity contribution in [3.63, 3.8) is 0 Å². The molecule has 3 heteroatoms. The predicted molar refractivity (Wildman–Crippen MR) is 46.2 cm³/mol. The first kappa shape index (κ1) is 9.13. The summed E-state index contributed by atoms with van der Waals surface area (Å²) in [5.74, 6) is -0.431. The van der Waals surface area contributed by atoms with E-state index >= 15 is 0 Å². The van der Waals surface area contributed by atoms with Crippen molar-refractivity contribution in [2.45, 2.75) is 25.8 Å². The van der Waals surface area contributed by atoms with Gasteiger partial charge in [-0.25, -0.2) is 4.98 Å². The van der Waals surface area contributed by atoms with Crippen LogP contribution in [0.3, 0.4) is 0 Å². The van der Waals surface area contributed by atoms with Gasteiger partial charge in [-0.05, 0) is 31.4 Å². The second-order valence-corrected chi connectivity index (χ2v) is 3.01. The minimum Gasteiger partial charge on any atom is -0.328 e. The van der Waals surface area contributed by atoms with Crippen LogP contribution in [0.15, 0.2) is 18.3 Å². The van der Waals surface area contributed by atoms with Crippen molar-refractivity contribution in [2.24, 2.45) is 5.73 Å².